The number of fused-ring (bicyclic) bond motifs is 4. The molecule has 0 saturated carbocycles. The van der Waals surface area contributed by atoms with E-state index in [0.717, 1.165) is 37.2 Å². The van der Waals surface area contributed by atoms with Gasteiger partial charge >= 0.3 is 0 Å². The first-order valence-electron chi connectivity index (χ1n) is 9.95. The first-order valence-corrected chi connectivity index (χ1v) is 10.8. The Bertz CT molecular complexity index is 1020. The second-order valence-corrected chi connectivity index (χ2v) is 8.98. The smallest absolute Gasteiger partial charge is 0.181 e. The van der Waals surface area contributed by atoms with Crippen molar-refractivity contribution in [3.8, 4) is 5.75 Å². The van der Waals surface area contributed by atoms with Gasteiger partial charge in [0.1, 0.15) is 6.61 Å². The van der Waals surface area contributed by atoms with Gasteiger partial charge in [-0.1, -0.05) is 29.5 Å². The van der Waals surface area contributed by atoms with Gasteiger partial charge in [-0.15, -0.1) is 0 Å². The van der Waals surface area contributed by atoms with Crippen LogP contribution in [0.4, 0.5) is 5.13 Å². The van der Waals surface area contributed by atoms with Gasteiger partial charge in [0, 0.05) is 24.2 Å². The summed E-state index contributed by atoms with van der Waals surface area (Å²) in [5, 5.41) is 0.640. The van der Waals surface area contributed by atoms with Crippen molar-refractivity contribution in [1.29, 1.82) is 0 Å². The van der Waals surface area contributed by atoms with Crippen molar-refractivity contribution < 1.29 is 9.78 Å². The standard InChI is InChI=1S/C22H25N3O2S/c1-25(10-9-14-5-8-19-20(11-14)28-22(23)24-19)12-15-3-2-4-18-17(15)7-6-16-13-26-27-21(16)18/h5-8,11,15H,2-4,9-10,12-13H2,1H3,(H2,23,24)/t15-/m0/s1. The number of nitrogens with two attached hydrogens (primary N) is 1. The third-order valence-corrected chi connectivity index (χ3v) is 6.79. The number of rotatable bonds is 5. The average molecular weight is 396 g/mol. The molecule has 28 heavy (non-hydrogen) atoms. The SMILES string of the molecule is CN(CCc1ccc2nc(N)sc2c1)C[C@@H]1CCCc2c1ccc1c2OOC1. The van der Waals surface area contributed by atoms with Crippen molar-refractivity contribution in [2.45, 2.75) is 38.2 Å². The van der Waals surface area contributed by atoms with Crippen LogP contribution < -0.4 is 10.6 Å². The van der Waals surface area contributed by atoms with Crippen LogP contribution in [-0.2, 0) is 24.3 Å². The molecule has 5 nitrogen and oxygen atoms in total. The number of aromatic nitrogens is 1. The molecule has 5 rings (SSSR count). The van der Waals surface area contributed by atoms with Gasteiger partial charge in [-0.05, 0) is 61.9 Å². The van der Waals surface area contributed by atoms with Crippen molar-refractivity contribution >= 4 is 26.7 Å². The second kappa shape index (κ2) is 7.35. The summed E-state index contributed by atoms with van der Waals surface area (Å²) >= 11 is 1.56. The molecule has 1 aromatic heterocycles. The molecule has 0 bridgehead atoms. The van der Waals surface area contributed by atoms with Crippen molar-refractivity contribution in [2.75, 3.05) is 25.9 Å². The fourth-order valence-electron chi connectivity index (χ4n) is 4.50. The van der Waals surface area contributed by atoms with Crippen LogP contribution in [0.2, 0.25) is 0 Å². The van der Waals surface area contributed by atoms with Gasteiger partial charge in [-0.2, -0.15) is 4.89 Å². The molecule has 0 saturated heterocycles. The summed E-state index contributed by atoms with van der Waals surface area (Å²) < 4.78 is 1.18. The number of likely N-dealkylation sites (N-methyl/N-ethyl adjacent to an activating group) is 1. The van der Waals surface area contributed by atoms with E-state index in [1.807, 2.05) is 0 Å². The monoisotopic (exact) mass is 395 g/mol. The zero-order chi connectivity index (χ0) is 19.1. The van der Waals surface area contributed by atoms with Crippen LogP contribution in [0.1, 0.15) is 41.0 Å². The van der Waals surface area contributed by atoms with E-state index in [1.165, 1.54) is 39.8 Å². The normalized spacial score (nSPS) is 18.3. The van der Waals surface area contributed by atoms with Gasteiger partial charge in [0.2, 0.25) is 0 Å². The number of nitrogens with zero attached hydrogens (tertiary/aromatic N) is 2. The largest absolute Gasteiger partial charge is 0.375 e. The topological polar surface area (TPSA) is 60.6 Å². The van der Waals surface area contributed by atoms with Crippen molar-refractivity contribution in [1.82, 2.24) is 9.88 Å². The highest BCUT2D eigenvalue weighted by Gasteiger charge is 2.28. The van der Waals surface area contributed by atoms with E-state index < -0.39 is 0 Å². The third-order valence-electron chi connectivity index (χ3n) is 5.94. The Labute approximate surface area is 169 Å². The molecule has 0 radical (unpaired) electrons. The maximum absolute atomic E-state index is 5.82. The first-order chi connectivity index (χ1) is 13.7. The maximum atomic E-state index is 5.82. The third kappa shape index (κ3) is 3.36. The van der Waals surface area contributed by atoms with Crippen LogP contribution in [0.3, 0.4) is 0 Å². The summed E-state index contributed by atoms with van der Waals surface area (Å²) in [5.41, 5.74) is 12.2. The van der Waals surface area contributed by atoms with Crippen molar-refractivity contribution in [2.24, 2.45) is 0 Å². The van der Waals surface area contributed by atoms with Crippen LogP contribution in [0, 0.1) is 0 Å². The van der Waals surface area contributed by atoms with E-state index >= 15 is 0 Å². The van der Waals surface area contributed by atoms with E-state index in [0.29, 0.717) is 17.7 Å². The fourth-order valence-corrected chi connectivity index (χ4v) is 5.30. The zero-order valence-electron chi connectivity index (χ0n) is 16.1. The summed E-state index contributed by atoms with van der Waals surface area (Å²) in [6.45, 7) is 2.68. The molecular weight excluding hydrogens is 370 g/mol. The molecule has 1 aliphatic heterocycles. The van der Waals surface area contributed by atoms with Gasteiger partial charge < -0.3 is 15.5 Å². The highest BCUT2D eigenvalue weighted by molar-refractivity contribution is 7.22. The van der Waals surface area contributed by atoms with Crippen molar-refractivity contribution in [3.05, 3.63) is 52.6 Å². The van der Waals surface area contributed by atoms with E-state index in [9.17, 15) is 0 Å². The number of anilines is 1. The molecule has 3 aromatic rings. The summed E-state index contributed by atoms with van der Waals surface area (Å²) in [6.07, 6.45) is 4.59. The number of thiazole rings is 1. The minimum Gasteiger partial charge on any atom is -0.375 e. The summed E-state index contributed by atoms with van der Waals surface area (Å²) in [6, 6.07) is 11.0. The number of nitrogen functional groups attached to an aromatic ring is 1. The van der Waals surface area contributed by atoms with Gasteiger partial charge in [-0.3, -0.25) is 0 Å². The second-order valence-electron chi connectivity index (χ2n) is 7.92. The summed E-state index contributed by atoms with van der Waals surface area (Å²) in [5.74, 6) is 1.55. The Balaban J connectivity index is 1.25. The molecule has 2 aliphatic rings. The molecule has 1 atom stereocenters. The van der Waals surface area contributed by atoms with Gasteiger partial charge in [-0.25, -0.2) is 4.98 Å². The van der Waals surface area contributed by atoms with Gasteiger partial charge in [0.05, 0.1) is 10.2 Å². The van der Waals surface area contributed by atoms with Crippen molar-refractivity contribution in [3.63, 3.8) is 0 Å². The molecule has 0 fully saturated rings. The summed E-state index contributed by atoms with van der Waals surface area (Å²) in [4.78, 5) is 17.5. The Morgan fingerprint density at radius 3 is 3.14 bits per heavy atom. The predicted molar refractivity (Wildman–Crippen MR) is 113 cm³/mol. The van der Waals surface area contributed by atoms with E-state index in [2.05, 4.69) is 47.3 Å². The molecule has 1 aliphatic carbocycles. The van der Waals surface area contributed by atoms with Crippen LogP contribution >= 0.6 is 11.3 Å². The van der Waals surface area contributed by atoms with Crippen LogP contribution in [0.25, 0.3) is 10.2 Å². The zero-order valence-corrected chi connectivity index (χ0v) is 16.9. The lowest BCUT2D eigenvalue weighted by molar-refractivity contribution is -0.195. The van der Waals surface area contributed by atoms with E-state index in [-0.39, 0.29) is 0 Å². The maximum Gasteiger partial charge on any atom is 0.181 e. The highest BCUT2D eigenvalue weighted by atomic mass is 32.1. The molecule has 146 valence electrons. The predicted octanol–water partition coefficient (Wildman–Crippen LogP) is 4.30. The molecule has 0 amide bonds. The minimum atomic E-state index is 0.562. The molecule has 0 unspecified atom stereocenters. The minimum absolute atomic E-state index is 0.562. The number of hydrogen-bond donors (Lipinski definition) is 1. The number of hydrogen-bond acceptors (Lipinski definition) is 6. The van der Waals surface area contributed by atoms with Crippen LogP contribution in [-0.4, -0.2) is 30.0 Å². The Morgan fingerprint density at radius 2 is 2.21 bits per heavy atom. The lowest BCUT2D eigenvalue weighted by Crippen LogP contribution is -2.28. The Kier molecular flexibility index (Phi) is 4.70. The fraction of sp³-hybridized carbons (Fsp3) is 0.409. The quantitative estimate of drug-likeness (QED) is 0.653. The van der Waals surface area contributed by atoms with Crippen LogP contribution in [0.15, 0.2) is 30.3 Å². The summed E-state index contributed by atoms with van der Waals surface area (Å²) in [7, 11) is 2.23. The lowest BCUT2D eigenvalue weighted by Gasteiger charge is -2.30. The molecule has 2 heterocycles. The van der Waals surface area contributed by atoms with Gasteiger partial charge in [0.15, 0.2) is 10.9 Å². The molecule has 0 spiro atoms. The molecule has 2 N–H and O–H groups in total. The highest BCUT2D eigenvalue weighted by Crippen LogP contribution is 2.41. The number of benzene rings is 2. The molecule has 6 heteroatoms. The first kappa shape index (κ1) is 17.9. The molecule has 2 aromatic carbocycles. The lowest BCUT2D eigenvalue weighted by atomic mass is 9.81. The van der Waals surface area contributed by atoms with E-state index in [1.54, 1.807) is 11.3 Å². The van der Waals surface area contributed by atoms with Crippen LogP contribution in [0.5, 0.6) is 5.75 Å². The van der Waals surface area contributed by atoms with E-state index in [4.69, 9.17) is 15.5 Å². The average Bonchev–Trinajstić information content (AvgIpc) is 3.31. The Hall–Kier alpha value is -2.15. The van der Waals surface area contributed by atoms with Gasteiger partial charge in [0.25, 0.3) is 0 Å². The molecular formula is C22H25N3O2S. The Morgan fingerprint density at radius 1 is 1.29 bits per heavy atom.